The van der Waals surface area contributed by atoms with Crippen molar-refractivity contribution in [2.24, 2.45) is 0 Å². The molecular formula is C26H25Br2ClN2O3. The molecule has 0 heterocycles. The van der Waals surface area contributed by atoms with E-state index in [2.05, 4.69) is 37.2 Å². The molecule has 3 aromatic carbocycles. The first-order valence-corrected chi connectivity index (χ1v) is 12.8. The first kappa shape index (κ1) is 26.3. The minimum atomic E-state index is -0.706. The van der Waals surface area contributed by atoms with Crippen LogP contribution in [-0.4, -0.2) is 35.9 Å². The molecule has 8 heteroatoms. The quantitative estimate of drug-likeness (QED) is 0.306. The van der Waals surface area contributed by atoms with Crippen molar-refractivity contribution >= 4 is 55.3 Å². The number of carbonyl (C=O) groups is 2. The number of hydrogen-bond donors (Lipinski definition) is 1. The Balaban J connectivity index is 1.89. The minimum absolute atomic E-state index is 0.210. The van der Waals surface area contributed by atoms with Crippen molar-refractivity contribution < 1.29 is 14.3 Å². The lowest BCUT2D eigenvalue weighted by molar-refractivity contribution is -0.142. The SMILES string of the molecule is CCNC(=O)[C@@H](Cc1ccccc1)N(Cc1ccc(Br)cc1)C(=O)COc1ccc(Br)cc1Cl. The minimum Gasteiger partial charge on any atom is -0.482 e. The average Bonchev–Trinajstić information content (AvgIpc) is 2.82. The Bertz CT molecular complexity index is 1110. The summed E-state index contributed by atoms with van der Waals surface area (Å²) in [5.41, 5.74) is 1.87. The lowest BCUT2D eigenvalue weighted by Crippen LogP contribution is -2.51. The van der Waals surface area contributed by atoms with Crippen LogP contribution in [0.25, 0.3) is 0 Å². The van der Waals surface area contributed by atoms with Gasteiger partial charge in [0.2, 0.25) is 5.91 Å². The molecule has 0 aromatic heterocycles. The van der Waals surface area contributed by atoms with Crippen LogP contribution in [0, 0.1) is 0 Å². The lowest BCUT2D eigenvalue weighted by Gasteiger charge is -2.31. The zero-order valence-electron chi connectivity index (χ0n) is 18.6. The van der Waals surface area contributed by atoms with Crippen molar-refractivity contribution in [1.82, 2.24) is 10.2 Å². The zero-order valence-corrected chi connectivity index (χ0v) is 22.6. The maximum atomic E-state index is 13.5. The molecule has 0 spiro atoms. The number of benzene rings is 3. The maximum Gasteiger partial charge on any atom is 0.261 e. The van der Waals surface area contributed by atoms with Crippen LogP contribution >= 0.6 is 43.5 Å². The molecule has 0 fully saturated rings. The van der Waals surface area contributed by atoms with E-state index < -0.39 is 6.04 Å². The normalized spacial score (nSPS) is 11.5. The number of halogens is 3. The van der Waals surface area contributed by atoms with Crippen LogP contribution in [0.2, 0.25) is 5.02 Å². The fraction of sp³-hybridized carbons (Fsp3) is 0.231. The number of nitrogens with zero attached hydrogens (tertiary/aromatic N) is 1. The predicted molar refractivity (Wildman–Crippen MR) is 142 cm³/mol. The molecule has 34 heavy (non-hydrogen) atoms. The Morgan fingerprint density at radius 1 is 0.971 bits per heavy atom. The molecule has 0 aliphatic heterocycles. The summed E-state index contributed by atoms with van der Waals surface area (Å²) in [4.78, 5) is 28.2. The van der Waals surface area contributed by atoms with Crippen LogP contribution < -0.4 is 10.1 Å². The monoisotopic (exact) mass is 606 g/mol. The topological polar surface area (TPSA) is 58.6 Å². The Labute approximate surface area is 221 Å². The van der Waals surface area contributed by atoms with Gasteiger partial charge in [0, 0.05) is 28.5 Å². The molecule has 0 radical (unpaired) electrons. The van der Waals surface area contributed by atoms with Crippen LogP contribution in [-0.2, 0) is 22.6 Å². The predicted octanol–water partition coefficient (Wildman–Crippen LogP) is 6.02. The summed E-state index contributed by atoms with van der Waals surface area (Å²) >= 11 is 13.0. The van der Waals surface area contributed by atoms with Gasteiger partial charge in [-0.25, -0.2) is 0 Å². The molecule has 0 bridgehead atoms. The molecular weight excluding hydrogens is 584 g/mol. The third-order valence-corrected chi connectivity index (χ3v) is 6.45. The van der Waals surface area contributed by atoms with E-state index in [9.17, 15) is 9.59 Å². The van der Waals surface area contributed by atoms with E-state index in [1.54, 1.807) is 23.1 Å². The van der Waals surface area contributed by atoms with Crippen molar-refractivity contribution in [1.29, 1.82) is 0 Å². The maximum absolute atomic E-state index is 13.5. The second-order valence-electron chi connectivity index (χ2n) is 7.61. The number of ether oxygens (including phenoxy) is 1. The fourth-order valence-corrected chi connectivity index (χ4v) is 4.44. The second kappa shape index (κ2) is 12.9. The molecule has 2 amide bonds. The standard InChI is InChI=1S/C26H25Br2ClN2O3/c1-2-30-26(33)23(14-18-6-4-3-5-7-18)31(16-19-8-10-20(27)11-9-19)25(32)17-34-24-13-12-21(28)15-22(24)29/h3-13,15,23H,2,14,16-17H2,1H3,(H,30,33)/t23-/m1/s1. The van der Waals surface area contributed by atoms with E-state index in [1.807, 2.05) is 61.5 Å². The highest BCUT2D eigenvalue weighted by molar-refractivity contribution is 9.10. The van der Waals surface area contributed by atoms with E-state index in [4.69, 9.17) is 16.3 Å². The Hall–Kier alpha value is -2.35. The highest BCUT2D eigenvalue weighted by Crippen LogP contribution is 2.28. The number of hydrogen-bond acceptors (Lipinski definition) is 3. The van der Waals surface area contributed by atoms with Crippen LogP contribution in [0.15, 0.2) is 81.7 Å². The molecule has 3 aromatic rings. The number of carbonyl (C=O) groups excluding carboxylic acids is 2. The highest BCUT2D eigenvalue weighted by atomic mass is 79.9. The zero-order chi connectivity index (χ0) is 24.5. The van der Waals surface area contributed by atoms with Gasteiger partial charge in [0.1, 0.15) is 11.8 Å². The molecule has 0 aliphatic carbocycles. The third-order valence-electron chi connectivity index (χ3n) is 5.13. The summed E-state index contributed by atoms with van der Waals surface area (Å²) in [6.07, 6.45) is 0.383. The summed E-state index contributed by atoms with van der Waals surface area (Å²) in [5, 5.41) is 3.27. The summed E-state index contributed by atoms with van der Waals surface area (Å²) in [7, 11) is 0. The summed E-state index contributed by atoms with van der Waals surface area (Å²) in [5.74, 6) is -0.119. The smallest absolute Gasteiger partial charge is 0.261 e. The van der Waals surface area contributed by atoms with Gasteiger partial charge in [-0.2, -0.15) is 0 Å². The van der Waals surface area contributed by atoms with Crippen LogP contribution in [0.3, 0.4) is 0 Å². The highest BCUT2D eigenvalue weighted by Gasteiger charge is 2.30. The number of rotatable bonds is 10. The number of amides is 2. The molecule has 0 unspecified atom stereocenters. The summed E-state index contributed by atoms with van der Waals surface area (Å²) in [6.45, 7) is 2.34. The van der Waals surface area contributed by atoms with E-state index in [0.29, 0.717) is 23.7 Å². The van der Waals surface area contributed by atoms with E-state index in [-0.39, 0.29) is 25.0 Å². The van der Waals surface area contributed by atoms with Crippen molar-refractivity contribution in [3.63, 3.8) is 0 Å². The van der Waals surface area contributed by atoms with Gasteiger partial charge in [0.05, 0.1) is 5.02 Å². The summed E-state index contributed by atoms with van der Waals surface area (Å²) in [6, 6.07) is 21.8. The van der Waals surface area contributed by atoms with Crippen molar-refractivity contribution in [2.75, 3.05) is 13.2 Å². The molecule has 0 saturated carbocycles. The van der Waals surface area contributed by atoms with Gasteiger partial charge < -0.3 is 15.0 Å². The number of nitrogens with one attached hydrogen (secondary N) is 1. The van der Waals surface area contributed by atoms with E-state index in [1.165, 1.54) is 0 Å². The van der Waals surface area contributed by atoms with Crippen LogP contribution in [0.5, 0.6) is 5.75 Å². The van der Waals surface area contributed by atoms with Crippen molar-refractivity contribution in [2.45, 2.75) is 25.9 Å². The second-order valence-corrected chi connectivity index (χ2v) is 9.85. The van der Waals surface area contributed by atoms with Gasteiger partial charge in [-0.05, 0) is 48.4 Å². The molecule has 5 nitrogen and oxygen atoms in total. The molecule has 3 rings (SSSR count). The molecule has 1 atom stereocenters. The molecule has 0 saturated heterocycles. The molecule has 1 N–H and O–H groups in total. The van der Waals surface area contributed by atoms with Crippen LogP contribution in [0.1, 0.15) is 18.1 Å². The Morgan fingerprint density at radius 3 is 2.29 bits per heavy atom. The van der Waals surface area contributed by atoms with Gasteiger partial charge in [0.15, 0.2) is 6.61 Å². The van der Waals surface area contributed by atoms with Gasteiger partial charge in [-0.1, -0.05) is 85.9 Å². The van der Waals surface area contributed by atoms with Gasteiger partial charge in [-0.15, -0.1) is 0 Å². The average molecular weight is 609 g/mol. The van der Waals surface area contributed by atoms with Crippen molar-refractivity contribution in [3.8, 4) is 5.75 Å². The summed E-state index contributed by atoms with van der Waals surface area (Å²) < 4.78 is 7.50. The molecule has 0 aliphatic rings. The van der Waals surface area contributed by atoms with Crippen LogP contribution in [0.4, 0.5) is 0 Å². The molecule has 178 valence electrons. The fourth-order valence-electron chi connectivity index (χ4n) is 3.45. The number of likely N-dealkylation sites (N-methyl/N-ethyl adjacent to an activating group) is 1. The van der Waals surface area contributed by atoms with Gasteiger partial charge in [-0.3, -0.25) is 9.59 Å². The first-order valence-electron chi connectivity index (χ1n) is 10.8. The lowest BCUT2D eigenvalue weighted by atomic mass is 10.0. The van der Waals surface area contributed by atoms with Gasteiger partial charge >= 0.3 is 0 Å². The van der Waals surface area contributed by atoms with E-state index in [0.717, 1.165) is 20.1 Å². The van der Waals surface area contributed by atoms with E-state index >= 15 is 0 Å². The van der Waals surface area contributed by atoms with Gasteiger partial charge in [0.25, 0.3) is 5.91 Å². The Morgan fingerprint density at radius 2 is 1.65 bits per heavy atom. The Kier molecular flexibility index (Phi) is 9.99. The largest absolute Gasteiger partial charge is 0.482 e. The first-order chi connectivity index (χ1) is 16.4. The van der Waals surface area contributed by atoms with Crippen molar-refractivity contribution in [3.05, 3.63) is 97.9 Å². The third kappa shape index (κ3) is 7.58.